The molecule has 0 aliphatic heterocycles. The van der Waals surface area contributed by atoms with Gasteiger partial charge < -0.3 is 0 Å². The summed E-state index contributed by atoms with van der Waals surface area (Å²) < 4.78 is 0. The smallest absolute Gasteiger partial charge is 0.292 e. The van der Waals surface area contributed by atoms with E-state index in [1.807, 2.05) is 12.1 Å². The highest BCUT2D eigenvalue weighted by atomic mass is 17.2. The van der Waals surface area contributed by atoms with E-state index in [9.17, 15) is 4.79 Å². The fourth-order valence-corrected chi connectivity index (χ4v) is 2.89. The Morgan fingerprint density at radius 3 is 2.33 bits per heavy atom. The maximum atomic E-state index is 12.0. The molecule has 1 saturated carbocycles. The molecule has 115 valence electrons. The minimum absolute atomic E-state index is 0.355. The van der Waals surface area contributed by atoms with Crippen molar-refractivity contribution in [3.63, 3.8) is 0 Å². The molecule has 0 heterocycles. The predicted octanol–water partition coefficient (Wildman–Crippen LogP) is 4.72. The topological polar surface area (TPSA) is 35.5 Å². The second-order valence-electron chi connectivity index (χ2n) is 6.04. The fraction of sp³-hybridized carbons (Fsp3) is 0.556. The molecule has 3 nitrogen and oxygen atoms in total. The van der Waals surface area contributed by atoms with Gasteiger partial charge in [-0.25, -0.2) is 4.79 Å². The quantitative estimate of drug-likeness (QED) is 0.581. The minimum Gasteiger partial charge on any atom is -0.292 e. The third-order valence-corrected chi connectivity index (χ3v) is 4.19. The zero-order chi connectivity index (χ0) is 15.2. The van der Waals surface area contributed by atoms with Gasteiger partial charge in [0.05, 0.1) is 5.56 Å². The Morgan fingerprint density at radius 1 is 1.14 bits per heavy atom. The summed E-state index contributed by atoms with van der Waals surface area (Å²) in [6.45, 7) is 6.39. The second kappa shape index (κ2) is 7.60. The molecule has 1 radical (unpaired) electrons. The number of rotatable bonds is 5. The average molecular weight is 289 g/mol. The molecule has 0 amide bonds. The first-order valence-corrected chi connectivity index (χ1v) is 7.96. The molecule has 0 saturated heterocycles. The van der Waals surface area contributed by atoms with Crippen molar-refractivity contribution in [2.45, 2.75) is 52.9 Å². The molecule has 2 unspecified atom stereocenters. The van der Waals surface area contributed by atoms with Crippen LogP contribution in [0.1, 0.15) is 62.4 Å². The van der Waals surface area contributed by atoms with E-state index in [1.54, 1.807) is 12.1 Å². The maximum absolute atomic E-state index is 12.0. The van der Waals surface area contributed by atoms with Crippen LogP contribution in [0, 0.1) is 17.9 Å². The van der Waals surface area contributed by atoms with Gasteiger partial charge >= 0.3 is 5.97 Å². The van der Waals surface area contributed by atoms with E-state index >= 15 is 0 Å². The number of carbonyl (C=O) groups is 1. The Kier molecular flexibility index (Phi) is 5.80. The van der Waals surface area contributed by atoms with Crippen molar-refractivity contribution in [2.75, 3.05) is 0 Å². The molecular weight excluding hydrogens is 264 g/mol. The van der Waals surface area contributed by atoms with Crippen LogP contribution in [-0.4, -0.2) is 5.97 Å². The number of carbonyl (C=O) groups excluding carboxylic acids is 1. The molecule has 1 fully saturated rings. The molecule has 2 rings (SSSR count). The molecule has 2 atom stereocenters. The van der Waals surface area contributed by atoms with E-state index in [4.69, 9.17) is 9.78 Å². The lowest BCUT2D eigenvalue weighted by atomic mass is 9.81. The first kappa shape index (κ1) is 16.0. The highest BCUT2D eigenvalue weighted by Crippen LogP contribution is 2.37. The monoisotopic (exact) mass is 289 g/mol. The number of aryl methyl sites for hydroxylation is 1. The van der Waals surface area contributed by atoms with Gasteiger partial charge in [0, 0.05) is 0 Å². The predicted molar refractivity (Wildman–Crippen MR) is 82.4 cm³/mol. The Morgan fingerprint density at radius 2 is 1.76 bits per heavy atom. The molecule has 1 aliphatic carbocycles. The summed E-state index contributed by atoms with van der Waals surface area (Å²) in [7, 11) is 0. The van der Waals surface area contributed by atoms with Gasteiger partial charge in [-0.05, 0) is 48.8 Å². The van der Waals surface area contributed by atoms with Gasteiger partial charge in [0.15, 0.2) is 6.10 Å². The summed E-state index contributed by atoms with van der Waals surface area (Å²) in [5, 5.41) is 0. The van der Waals surface area contributed by atoms with Crippen molar-refractivity contribution < 1.29 is 14.6 Å². The summed E-state index contributed by atoms with van der Waals surface area (Å²) >= 11 is 0. The van der Waals surface area contributed by atoms with Crippen molar-refractivity contribution in [1.82, 2.24) is 0 Å². The number of benzene rings is 1. The molecule has 21 heavy (non-hydrogen) atoms. The van der Waals surface area contributed by atoms with Crippen LogP contribution >= 0.6 is 0 Å². The first-order valence-electron chi connectivity index (χ1n) is 7.96. The summed E-state index contributed by atoms with van der Waals surface area (Å²) in [5.41, 5.74) is 1.77. The van der Waals surface area contributed by atoms with Crippen LogP contribution in [0.15, 0.2) is 24.3 Å². The third kappa shape index (κ3) is 4.31. The molecule has 0 N–H and O–H groups in total. The molecule has 0 aromatic heterocycles. The first-order chi connectivity index (χ1) is 10.1. The van der Waals surface area contributed by atoms with Gasteiger partial charge in [-0.2, -0.15) is 4.89 Å². The Labute approximate surface area is 127 Å². The highest BCUT2D eigenvalue weighted by molar-refractivity contribution is 5.88. The number of hydrogen-bond acceptors (Lipinski definition) is 3. The van der Waals surface area contributed by atoms with Crippen LogP contribution in [-0.2, 0) is 16.2 Å². The standard InChI is InChI=1S/C18H25O3/c1-4-6-15-9-11-16(12-10-15)18(19)21-20-17-13(2)7-5-8-14(17)3/h9-14H,4-8H2,1-3H3. The second-order valence-corrected chi connectivity index (χ2v) is 6.04. The molecule has 0 spiro atoms. The van der Waals surface area contributed by atoms with Gasteiger partial charge in [-0.1, -0.05) is 45.7 Å². The molecular formula is C18H25O3. The Balaban J connectivity index is 1.88. The molecule has 1 aliphatic rings. The van der Waals surface area contributed by atoms with Gasteiger partial charge in [0.1, 0.15) is 0 Å². The Bertz CT molecular complexity index is 442. The van der Waals surface area contributed by atoms with Crippen molar-refractivity contribution in [2.24, 2.45) is 11.8 Å². The van der Waals surface area contributed by atoms with Gasteiger partial charge in [-0.15, -0.1) is 0 Å². The van der Waals surface area contributed by atoms with E-state index < -0.39 is 5.97 Å². The zero-order valence-electron chi connectivity index (χ0n) is 13.2. The molecule has 0 bridgehead atoms. The van der Waals surface area contributed by atoms with Crippen LogP contribution < -0.4 is 0 Å². The van der Waals surface area contributed by atoms with Crippen LogP contribution in [0.3, 0.4) is 0 Å². The molecule has 1 aromatic carbocycles. The Hall–Kier alpha value is -1.35. The summed E-state index contributed by atoms with van der Waals surface area (Å²) in [6.07, 6.45) is 6.44. The normalized spacial score (nSPS) is 23.0. The van der Waals surface area contributed by atoms with E-state index in [0.717, 1.165) is 31.8 Å². The van der Waals surface area contributed by atoms with Crippen molar-refractivity contribution in [3.05, 3.63) is 41.5 Å². The van der Waals surface area contributed by atoms with E-state index in [1.165, 1.54) is 12.0 Å². The number of hydrogen-bond donors (Lipinski definition) is 0. The summed E-state index contributed by atoms with van der Waals surface area (Å²) in [4.78, 5) is 22.4. The molecule has 1 aromatic rings. The van der Waals surface area contributed by atoms with Crippen LogP contribution in [0.5, 0.6) is 0 Å². The molecule has 3 heteroatoms. The highest BCUT2D eigenvalue weighted by Gasteiger charge is 2.32. The summed E-state index contributed by atoms with van der Waals surface area (Å²) in [5.74, 6) is 0.289. The van der Waals surface area contributed by atoms with Crippen LogP contribution in [0.25, 0.3) is 0 Å². The lowest BCUT2D eigenvalue weighted by Crippen LogP contribution is -2.26. The third-order valence-electron chi connectivity index (χ3n) is 4.19. The zero-order valence-corrected chi connectivity index (χ0v) is 13.2. The lowest BCUT2D eigenvalue weighted by Gasteiger charge is -2.31. The van der Waals surface area contributed by atoms with Gasteiger partial charge in [-0.3, -0.25) is 4.89 Å². The largest absolute Gasteiger partial charge is 0.373 e. The van der Waals surface area contributed by atoms with Crippen molar-refractivity contribution in [3.8, 4) is 0 Å². The van der Waals surface area contributed by atoms with Crippen molar-refractivity contribution >= 4 is 5.97 Å². The van der Waals surface area contributed by atoms with Gasteiger partial charge in [0.2, 0.25) is 0 Å². The van der Waals surface area contributed by atoms with E-state index in [-0.39, 0.29) is 0 Å². The van der Waals surface area contributed by atoms with E-state index in [0.29, 0.717) is 17.4 Å². The van der Waals surface area contributed by atoms with Crippen molar-refractivity contribution in [1.29, 1.82) is 0 Å². The average Bonchev–Trinajstić information content (AvgIpc) is 2.47. The van der Waals surface area contributed by atoms with E-state index in [2.05, 4.69) is 20.8 Å². The van der Waals surface area contributed by atoms with Gasteiger partial charge in [0.25, 0.3) is 0 Å². The van der Waals surface area contributed by atoms with Crippen LogP contribution in [0.2, 0.25) is 0 Å². The fourth-order valence-electron chi connectivity index (χ4n) is 2.89. The minimum atomic E-state index is -0.421. The summed E-state index contributed by atoms with van der Waals surface area (Å²) in [6, 6.07) is 7.54. The van der Waals surface area contributed by atoms with Crippen LogP contribution in [0.4, 0.5) is 0 Å². The SMILES string of the molecule is CCCc1ccc(C(=O)OO[C]2C(C)CCCC2C)cc1. The maximum Gasteiger partial charge on any atom is 0.373 e. The lowest BCUT2D eigenvalue weighted by molar-refractivity contribution is -0.253.